The Morgan fingerprint density at radius 1 is 1.29 bits per heavy atom. The lowest BCUT2D eigenvalue weighted by Gasteiger charge is -2.28. The Hall–Kier alpha value is -1.62. The molecule has 5 heteroatoms. The van der Waals surface area contributed by atoms with Gasteiger partial charge < -0.3 is 15.3 Å². The molecule has 5 nitrogen and oxygen atoms in total. The Kier molecular flexibility index (Phi) is 6.62. The van der Waals surface area contributed by atoms with E-state index in [-0.39, 0.29) is 5.91 Å². The van der Waals surface area contributed by atoms with Crippen molar-refractivity contribution in [1.82, 2.24) is 9.88 Å². The van der Waals surface area contributed by atoms with E-state index in [4.69, 9.17) is 0 Å². The molecule has 1 amide bonds. The highest BCUT2D eigenvalue weighted by atomic mass is 16.3. The van der Waals surface area contributed by atoms with E-state index in [2.05, 4.69) is 24.1 Å². The van der Waals surface area contributed by atoms with Crippen LogP contribution in [0.1, 0.15) is 49.9 Å². The van der Waals surface area contributed by atoms with Gasteiger partial charge in [0, 0.05) is 26.8 Å². The third kappa shape index (κ3) is 5.34. The number of carbonyl (C=O) groups excluding carboxylic acids is 1. The number of hydrogen-bond donors (Lipinski definition) is 2. The molecule has 0 bridgehead atoms. The molecule has 0 saturated carbocycles. The summed E-state index contributed by atoms with van der Waals surface area (Å²) in [4.78, 5) is 17.5. The molecule has 0 atom stereocenters. The maximum Gasteiger partial charge on any atom is 0.254 e. The highest BCUT2D eigenvalue weighted by Crippen LogP contribution is 2.20. The van der Waals surface area contributed by atoms with Gasteiger partial charge in [0.2, 0.25) is 0 Å². The molecule has 2 N–H and O–H groups in total. The second kappa shape index (κ2) is 7.98. The van der Waals surface area contributed by atoms with Crippen LogP contribution in [0, 0.1) is 0 Å². The van der Waals surface area contributed by atoms with E-state index in [1.165, 1.54) is 4.90 Å². The number of anilines is 1. The van der Waals surface area contributed by atoms with E-state index >= 15 is 0 Å². The maximum absolute atomic E-state index is 11.8. The smallest absolute Gasteiger partial charge is 0.254 e. The minimum absolute atomic E-state index is 0.0671. The first kappa shape index (κ1) is 17.4. The van der Waals surface area contributed by atoms with E-state index in [1.54, 1.807) is 32.4 Å². The molecule has 0 radical (unpaired) electrons. The Morgan fingerprint density at radius 3 is 2.33 bits per heavy atom. The summed E-state index contributed by atoms with van der Waals surface area (Å²) in [6.07, 6.45) is 4.99. The van der Waals surface area contributed by atoms with Crippen LogP contribution in [0.5, 0.6) is 0 Å². The largest absolute Gasteiger partial charge is 0.388 e. The van der Waals surface area contributed by atoms with Crippen molar-refractivity contribution in [2.75, 3.05) is 26.0 Å². The van der Waals surface area contributed by atoms with E-state index in [1.807, 2.05) is 0 Å². The van der Waals surface area contributed by atoms with E-state index in [0.29, 0.717) is 17.9 Å². The lowest BCUT2D eigenvalue weighted by molar-refractivity contribution is 0.0343. The van der Waals surface area contributed by atoms with Gasteiger partial charge >= 0.3 is 0 Å². The van der Waals surface area contributed by atoms with Crippen LogP contribution in [0.15, 0.2) is 18.3 Å². The van der Waals surface area contributed by atoms with Gasteiger partial charge in [-0.15, -0.1) is 0 Å². The van der Waals surface area contributed by atoms with Gasteiger partial charge in [0.15, 0.2) is 0 Å². The molecule has 0 aliphatic rings. The molecule has 0 aliphatic carbocycles. The number of carbonyl (C=O) groups is 1. The summed E-state index contributed by atoms with van der Waals surface area (Å²) in [6, 6.07) is 3.52. The summed E-state index contributed by atoms with van der Waals surface area (Å²) in [7, 11) is 3.42. The first-order valence-electron chi connectivity index (χ1n) is 7.56. The van der Waals surface area contributed by atoms with Gasteiger partial charge in [-0.1, -0.05) is 26.7 Å². The van der Waals surface area contributed by atoms with Gasteiger partial charge in [-0.25, -0.2) is 4.98 Å². The maximum atomic E-state index is 11.8. The van der Waals surface area contributed by atoms with Gasteiger partial charge in [0.1, 0.15) is 5.82 Å². The number of amides is 1. The molecule has 0 aromatic carbocycles. The van der Waals surface area contributed by atoms with E-state index < -0.39 is 5.60 Å². The predicted molar refractivity (Wildman–Crippen MR) is 85.5 cm³/mol. The van der Waals surface area contributed by atoms with Gasteiger partial charge in [-0.05, 0) is 25.0 Å². The first-order valence-corrected chi connectivity index (χ1v) is 7.56. The number of aliphatic hydroxyl groups is 1. The SMILES string of the molecule is CCCC(O)(CCC)CNc1ccc(C(=O)N(C)C)cn1. The van der Waals surface area contributed by atoms with Crippen molar-refractivity contribution in [2.45, 2.75) is 45.1 Å². The summed E-state index contributed by atoms with van der Waals surface area (Å²) in [5, 5.41) is 13.7. The highest BCUT2D eigenvalue weighted by molar-refractivity contribution is 5.93. The molecule has 0 unspecified atom stereocenters. The quantitative estimate of drug-likeness (QED) is 0.773. The zero-order valence-electron chi connectivity index (χ0n) is 13.5. The molecule has 1 aromatic heterocycles. The second-order valence-electron chi connectivity index (χ2n) is 5.71. The molecule has 1 aromatic rings. The molecule has 1 heterocycles. The summed E-state index contributed by atoms with van der Waals surface area (Å²) in [5.41, 5.74) is -0.133. The van der Waals surface area contributed by atoms with Crippen molar-refractivity contribution < 1.29 is 9.90 Å². The third-order valence-corrected chi connectivity index (χ3v) is 3.45. The average molecular weight is 293 g/mol. The standard InChI is InChI=1S/C16H27N3O2/c1-5-9-16(21,10-6-2)12-18-14-8-7-13(11-17-14)15(20)19(3)4/h7-8,11,21H,5-6,9-10,12H2,1-4H3,(H,17,18). The van der Waals surface area contributed by atoms with Crippen LogP contribution in [0.4, 0.5) is 5.82 Å². The minimum atomic E-state index is -0.691. The molecule has 1 rings (SSSR count). The molecule has 0 aliphatic heterocycles. The fourth-order valence-electron chi connectivity index (χ4n) is 2.37. The van der Waals surface area contributed by atoms with Crippen molar-refractivity contribution in [3.63, 3.8) is 0 Å². The Morgan fingerprint density at radius 2 is 1.90 bits per heavy atom. The molecule has 0 saturated heterocycles. The Balaban J connectivity index is 2.65. The van der Waals surface area contributed by atoms with Crippen LogP contribution in [-0.2, 0) is 0 Å². The number of nitrogens with zero attached hydrogens (tertiary/aromatic N) is 2. The zero-order valence-corrected chi connectivity index (χ0v) is 13.5. The summed E-state index contributed by atoms with van der Waals surface area (Å²) in [5.74, 6) is 0.610. The molecule has 0 fully saturated rings. The molecule has 118 valence electrons. The van der Waals surface area contributed by atoms with Crippen molar-refractivity contribution in [3.8, 4) is 0 Å². The fourth-order valence-corrected chi connectivity index (χ4v) is 2.37. The Labute approximate surface area is 127 Å². The first-order chi connectivity index (χ1) is 9.91. The summed E-state index contributed by atoms with van der Waals surface area (Å²) < 4.78 is 0. The molecule has 21 heavy (non-hydrogen) atoms. The van der Waals surface area contributed by atoms with Crippen molar-refractivity contribution >= 4 is 11.7 Å². The van der Waals surface area contributed by atoms with E-state index in [0.717, 1.165) is 25.7 Å². The lowest BCUT2D eigenvalue weighted by atomic mass is 9.93. The number of pyridine rings is 1. The zero-order chi connectivity index (χ0) is 15.9. The highest BCUT2D eigenvalue weighted by Gasteiger charge is 2.24. The van der Waals surface area contributed by atoms with Crippen molar-refractivity contribution in [3.05, 3.63) is 23.9 Å². The van der Waals surface area contributed by atoms with Gasteiger partial charge in [-0.3, -0.25) is 4.79 Å². The van der Waals surface area contributed by atoms with Crippen molar-refractivity contribution in [1.29, 1.82) is 0 Å². The second-order valence-corrected chi connectivity index (χ2v) is 5.71. The molecular formula is C16H27N3O2. The molecule has 0 spiro atoms. The number of rotatable bonds is 8. The lowest BCUT2D eigenvalue weighted by Crippen LogP contribution is -2.36. The number of aromatic nitrogens is 1. The Bertz CT molecular complexity index is 437. The average Bonchev–Trinajstić information content (AvgIpc) is 2.45. The monoisotopic (exact) mass is 293 g/mol. The predicted octanol–water partition coefficient (Wildman–Crippen LogP) is 2.53. The van der Waals surface area contributed by atoms with Crippen LogP contribution in [0.3, 0.4) is 0 Å². The molecular weight excluding hydrogens is 266 g/mol. The minimum Gasteiger partial charge on any atom is -0.388 e. The van der Waals surface area contributed by atoms with E-state index in [9.17, 15) is 9.90 Å². The van der Waals surface area contributed by atoms with Gasteiger partial charge in [0.25, 0.3) is 5.91 Å². The summed E-state index contributed by atoms with van der Waals surface area (Å²) >= 11 is 0. The van der Waals surface area contributed by atoms with Gasteiger partial charge in [0.05, 0.1) is 11.2 Å². The summed E-state index contributed by atoms with van der Waals surface area (Å²) in [6.45, 7) is 4.61. The van der Waals surface area contributed by atoms with Crippen LogP contribution in [0.25, 0.3) is 0 Å². The van der Waals surface area contributed by atoms with Crippen LogP contribution < -0.4 is 5.32 Å². The topological polar surface area (TPSA) is 65.5 Å². The fraction of sp³-hybridized carbons (Fsp3) is 0.625. The number of nitrogens with one attached hydrogen (secondary N) is 1. The van der Waals surface area contributed by atoms with Crippen LogP contribution >= 0.6 is 0 Å². The van der Waals surface area contributed by atoms with Gasteiger partial charge in [-0.2, -0.15) is 0 Å². The third-order valence-electron chi connectivity index (χ3n) is 3.45. The van der Waals surface area contributed by atoms with Crippen molar-refractivity contribution in [2.24, 2.45) is 0 Å². The normalized spacial score (nSPS) is 11.3. The van der Waals surface area contributed by atoms with Crippen LogP contribution in [0.2, 0.25) is 0 Å². The number of hydrogen-bond acceptors (Lipinski definition) is 4. The van der Waals surface area contributed by atoms with Crippen LogP contribution in [-0.4, -0.2) is 47.1 Å².